The van der Waals surface area contributed by atoms with Crippen molar-refractivity contribution in [2.45, 2.75) is 56.6 Å². The molecule has 3 rings (SSSR count). The van der Waals surface area contributed by atoms with E-state index in [1.54, 1.807) is 19.0 Å². The van der Waals surface area contributed by atoms with Gasteiger partial charge in [-0.05, 0) is 32.3 Å². The molecule has 0 atom stereocenters. The molecule has 2 aromatic rings. The van der Waals surface area contributed by atoms with Crippen LogP contribution in [-0.4, -0.2) is 38.7 Å². The number of hydrogen-bond acceptors (Lipinski definition) is 6. The highest BCUT2D eigenvalue weighted by Crippen LogP contribution is 2.33. The number of nitriles is 1. The molecule has 0 unspecified atom stereocenters. The number of nitrogens with zero attached hydrogens (tertiary/aromatic N) is 4. The molecule has 0 N–H and O–H groups in total. The quantitative estimate of drug-likeness (QED) is 0.576. The Balaban J connectivity index is 1.80. The van der Waals surface area contributed by atoms with Gasteiger partial charge in [0.2, 0.25) is 5.91 Å². The van der Waals surface area contributed by atoms with E-state index in [0.717, 1.165) is 47.4 Å². The number of aromatic nitrogens is 2. The van der Waals surface area contributed by atoms with Gasteiger partial charge in [0, 0.05) is 19.0 Å². The molecule has 0 spiro atoms. The van der Waals surface area contributed by atoms with Gasteiger partial charge in [-0.2, -0.15) is 5.26 Å². The fraction of sp³-hybridized carbons (Fsp3) is 0.579. The third kappa shape index (κ3) is 3.50. The first-order valence-electron chi connectivity index (χ1n) is 9.08. The maximum atomic E-state index is 12.7. The van der Waals surface area contributed by atoms with Crippen molar-refractivity contribution in [3.05, 3.63) is 20.8 Å². The number of thiophene rings is 1. The number of carbonyl (C=O) groups excluding carboxylic acids is 1. The Bertz CT molecular complexity index is 980. The van der Waals surface area contributed by atoms with Crippen LogP contribution in [0.4, 0.5) is 0 Å². The third-order valence-electron chi connectivity index (χ3n) is 5.60. The largest absolute Gasteiger partial charge is 0.326 e. The predicted octanol–water partition coefficient (Wildman–Crippen LogP) is 3.39. The van der Waals surface area contributed by atoms with E-state index in [4.69, 9.17) is 0 Å². The van der Waals surface area contributed by atoms with Gasteiger partial charge in [-0.15, -0.1) is 11.3 Å². The van der Waals surface area contributed by atoms with Gasteiger partial charge in [0.15, 0.2) is 5.16 Å². The number of hydrogen-bond donors (Lipinski definition) is 0. The Labute approximate surface area is 167 Å². The first-order chi connectivity index (χ1) is 12.8. The van der Waals surface area contributed by atoms with Gasteiger partial charge in [-0.3, -0.25) is 14.2 Å². The van der Waals surface area contributed by atoms with E-state index >= 15 is 0 Å². The van der Waals surface area contributed by atoms with Crippen LogP contribution in [0, 0.1) is 25.2 Å². The van der Waals surface area contributed by atoms with E-state index in [-0.39, 0.29) is 17.2 Å². The summed E-state index contributed by atoms with van der Waals surface area (Å²) >= 11 is 2.76. The first kappa shape index (κ1) is 19.9. The van der Waals surface area contributed by atoms with E-state index in [0.29, 0.717) is 10.5 Å². The molecular weight excluding hydrogens is 380 g/mol. The lowest BCUT2D eigenvalue weighted by Gasteiger charge is -2.39. The molecule has 6 nitrogen and oxygen atoms in total. The zero-order valence-electron chi connectivity index (χ0n) is 16.2. The molecule has 1 amide bonds. The Morgan fingerprint density at radius 2 is 2.04 bits per heavy atom. The Morgan fingerprint density at radius 1 is 1.37 bits per heavy atom. The molecule has 27 heavy (non-hydrogen) atoms. The molecule has 1 saturated carbocycles. The molecule has 1 fully saturated rings. The summed E-state index contributed by atoms with van der Waals surface area (Å²) in [7, 11) is 3.41. The zero-order valence-corrected chi connectivity index (χ0v) is 17.8. The number of rotatable bonds is 4. The second-order valence-corrected chi connectivity index (χ2v) is 9.31. The lowest BCUT2D eigenvalue weighted by atomic mass is 9.81. The van der Waals surface area contributed by atoms with Crippen molar-refractivity contribution in [1.29, 1.82) is 5.26 Å². The first-order valence-corrected chi connectivity index (χ1v) is 10.9. The Morgan fingerprint density at radius 3 is 2.67 bits per heavy atom. The highest BCUT2D eigenvalue weighted by Gasteiger charge is 2.38. The summed E-state index contributed by atoms with van der Waals surface area (Å²) < 4.78 is 1.51. The van der Waals surface area contributed by atoms with Gasteiger partial charge in [-0.25, -0.2) is 4.98 Å². The summed E-state index contributed by atoms with van der Waals surface area (Å²) in [6, 6.07) is 2.38. The summed E-state index contributed by atoms with van der Waals surface area (Å²) in [6.45, 7) is 3.92. The maximum absolute atomic E-state index is 12.7. The fourth-order valence-corrected chi connectivity index (χ4v) is 5.56. The minimum atomic E-state index is -0.693. The molecule has 144 valence electrons. The number of carbonyl (C=O) groups is 1. The molecular formula is C19H24N4O2S2. The topological polar surface area (TPSA) is 79.0 Å². The molecule has 1 aliphatic carbocycles. The Hall–Kier alpha value is -1.85. The molecule has 0 saturated heterocycles. The molecule has 1 aliphatic rings. The Kier molecular flexibility index (Phi) is 5.63. The van der Waals surface area contributed by atoms with E-state index in [9.17, 15) is 14.9 Å². The van der Waals surface area contributed by atoms with Crippen LogP contribution in [0.1, 0.15) is 42.5 Å². The van der Waals surface area contributed by atoms with E-state index < -0.39 is 5.54 Å². The number of fused-ring (bicyclic) bond motifs is 1. The van der Waals surface area contributed by atoms with Gasteiger partial charge in [-0.1, -0.05) is 31.0 Å². The van der Waals surface area contributed by atoms with Crippen molar-refractivity contribution in [1.82, 2.24) is 14.5 Å². The summed E-state index contributed by atoms with van der Waals surface area (Å²) in [5, 5.41) is 10.9. The molecule has 0 bridgehead atoms. The van der Waals surface area contributed by atoms with Crippen molar-refractivity contribution >= 4 is 39.2 Å². The van der Waals surface area contributed by atoms with Crippen molar-refractivity contribution in [2.75, 3.05) is 12.8 Å². The SMILES string of the molecule is Cc1sc2nc(SCC(=O)N(C)C3(C#N)CCCCC3)n(C)c(=O)c2c1C. The second-order valence-electron chi connectivity index (χ2n) is 7.17. The van der Waals surface area contributed by atoms with Crippen molar-refractivity contribution in [2.24, 2.45) is 7.05 Å². The second kappa shape index (κ2) is 7.64. The van der Waals surface area contributed by atoms with Crippen molar-refractivity contribution in [3.8, 4) is 6.07 Å². The van der Waals surface area contributed by atoms with Crippen LogP contribution < -0.4 is 5.56 Å². The highest BCUT2D eigenvalue weighted by molar-refractivity contribution is 7.99. The summed E-state index contributed by atoms with van der Waals surface area (Å²) in [5.41, 5.74) is 0.205. The maximum Gasteiger partial charge on any atom is 0.262 e. The van der Waals surface area contributed by atoms with Gasteiger partial charge >= 0.3 is 0 Å². The van der Waals surface area contributed by atoms with Gasteiger partial charge < -0.3 is 4.90 Å². The molecule has 0 radical (unpaired) electrons. The van der Waals surface area contributed by atoms with E-state index in [1.165, 1.54) is 27.7 Å². The molecule has 0 aromatic carbocycles. The number of aryl methyl sites for hydroxylation is 2. The fourth-order valence-electron chi connectivity index (χ4n) is 3.61. The highest BCUT2D eigenvalue weighted by atomic mass is 32.2. The monoisotopic (exact) mass is 404 g/mol. The predicted molar refractivity (Wildman–Crippen MR) is 109 cm³/mol. The molecule has 2 aromatic heterocycles. The van der Waals surface area contributed by atoms with Crippen LogP contribution in [0.5, 0.6) is 0 Å². The van der Waals surface area contributed by atoms with Crippen LogP contribution in [0.25, 0.3) is 10.2 Å². The molecule has 8 heteroatoms. The van der Waals surface area contributed by atoms with Gasteiger partial charge in [0.25, 0.3) is 5.56 Å². The third-order valence-corrected chi connectivity index (χ3v) is 7.71. The van der Waals surface area contributed by atoms with Crippen LogP contribution in [-0.2, 0) is 11.8 Å². The summed E-state index contributed by atoms with van der Waals surface area (Å²) in [6.07, 6.45) is 4.52. The van der Waals surface area contributed by atoms with E-state index in [1.807, 2.05) is 13.8 Å². The lowest BCUT2D eigenvalue weighted by Crippen LogP contribution is -2.50. The minimum Gasteiger partial charge on any atom is -0.326 e. The number of amides is 1. The zero-order chi connectivity index (χ0) is 19.8. The van der Waals surface area contributed by atoms with Gasteiger partial charge in [0.1, 0.15) is 10.4 Å². The summed E-state index contributed by atoms with van der Waals surface area (Å²) in [5.74, 6) is 0.0611. The smallest absolute Gasteiger partial charge is 0.262 e. The average Bonchev–Trinajstić information content (AvgIpc) is 2.97. The van der Waals surface area contributed by atoms with Crippen molar-refractivity contribution in [3.63, 3.8) is 0 Å². The van der Waals surface area contributed by atoms with Gasteiger partial charge in [0.05, 0.1) is 17.2 Å². The minimum absolute atomic E-state index is 0.0778. The van der Waals surface area contributed by atoms with Crippen molar-refractivity contribution < 1.29 is 4.79 Å². The average molecular weight is 405 g/mol. The normalized spacial score (nSPS) is 16.3. The molecule has 2 heterocycles. The molecule has 0 aliphatic heterocycles. The van der Waals surface area contributed by atoms with Crippen LogP contribution in [0.3, 0.4) is 0 Å². The lowest BCUT2D eigenvalue weighted by molar-refractivity contribution is -0.131. The summed E-state index contributed by atoms with van der Waals surface area (Å²) in [4.78, 5) is 33.4. The van der Waals surface area contributed by atoms with Crippen LogP contribution >= 0.6 is 23.1 Å². The van der Waals surface area contributed by atoms with Crippen LogP contribution in [0.15, 0.2) is 9.95 Å². The van der Waals surface area contributed by atoms with Crippen LogP contribution in [0.2, 0.25) is 0 Å². The number of thioether (sulfide) groups is 1. The van der Waals surface area contributed by atoms with E-state index in [2.05, 4.69) is 11.1 Å². The standard InChI is InChI=1S/C19H24N4O2S2/c1-12-13(2)27-16-15(12)17(25)22(3)18(21-16)26-10-14(24)23(4)19(11-20)8-6-5-7-9-19/h5-10H2,1-4H3.